The number of carboxylic acid groups (broad SMARTS) is 1. The van der Waals surface area contributed by atoms with Crippen LogP contribution in [0.25, 0.3) is 0 Å². The van der Waals surface area contributed by atoms with E-state index in [1.807, 2.05) is 17.7 Å². The van der Waals surface area contributed by atoms with Crippen molar-refractivity contribution in [3.63, 3.8) is 0 Å². The largest absolute Gasteiger partial charge is 0.477 e. The van der Waals surface area contributed by atoms with Crippen molar-refractivity contribution in [3.8, 4) is 0 Å². The molecule has 2 aromatic rings. The Balaban J connectivity index is 2.35. The van der Waals surface area contributed by atoms with E-state index in [2.05, 4.69) is 9.97 Å². The maximum atomic E-state index is 10.9. The summed E-state index contributed by atoms with van der Waals surface area (Å²) in [6.07, 6.45) is 4.98. The molecule has 0 aliphatic rings. The summed E-state index contributed by atoms with van der Waals surface area (Å²) in [5.41, 5.74) is 0.770. The fourth-order valence-electron chi connectivity index (χ4n) is 1.51. The molecule has 0 radical (unpaired) electrons. The van der Waals surface area contributed by atoms with Crippen LogP contribution in [-0.4, -0.2) is 25.6 Å². The average Bonchev–Trinajstić information content (AvgIpc) is 2.65. The molecule has 16 heavy (non-hydrogen) atoms. The smallest absolute Gasteiger partial charge is 0.354 e. The Morgan fingerprint density at radius 1 is 1.44 bits per heavy atom. The normalized spacial score (nSPS) is 10.3. The van der Waals surface area contributed by atoms with Crippen molar-refractivity contribution >= 4 is 5.97 Å². The number of aryl methyl sites for hydroxylation is 1. The van der Waals surface area contributed by atoms with Gasteiger partial charge in [0.1, 0.15) is 5.82 Å². The van der Waals surface area contributed by atoms with E-state index < -0.39 is 5.97 Å². The van der Waals surface area contributed by atoms with E-state index in [4.69, 9.17) is 5.11 Å². The number of rotatable bonds is 3. The fourth-order valence-corrected chi connectivity index (χ4v) is 1.51. The standard InChI is InChI=1S/C11H11N3O2/c1-8-12-5-6-14(8)7-9-3-2-4-13-10(9)11(15)16/h2-6H,7H2,1H3,(H,15,16). The average molecular weight is 217 g/mol. The molecule has 0 fully saturated rings. The minimum Gasteiger partial charge on any atom is -0.477 e. The Bertz CT molecular complexity index is 519. The molecular formula is C11H11N3O2. The highest BCUT2D eigenvalue weighted by molar-refractivity contribution is 5.86. The molecule has 0 aliphatic carbocycles. The van der Waals surface area contributed by atoms with Crippen molar-refractivity contribution in [3.05, 3.63) is 47.8 Å². The van der Waals surface area contributed by atoms with Gasteiger partial charge in [-0.2, -0.15) is 0 Å². The first-order valence-corrected chi connectivity index (χ1v) is 4.83. The molecule has 2 aromatic heterocycles. The molecule has 0 atom stereocenters. The number of pyridine rings is 1. The second-order valence-electron chi connectivity index (χ2n) is 3.42. The van der Waals surface area contributed by atoms with Crippen molar-refractivity contribution in [2.75, 3.05) is 0 Å². The monoisotopic (exact) mass is 217 g/mol. The topological polar surface area (TPSA) is 68.0 Å². The maximum absolute atomic E-state index is 10.9. The summed E-state index contributed by atoms with van der Waals surface area (Å²) in [5.74, 6) is -0.159. The first-order chi connectivity index (χ1) is 7.68. The molecule has 0 aliphatic heterocycles. The minimum atomic E-state index is -1.01. The second kappa shape index (κ2) is 4.14. The third-order valence-electron chi connectivity index (χ3n) is 2.36. The molecule has 0 amide bonds. The highest BCUT2D eigenvalue weighted by Gasteiger charge is 2.11. The summed E-state index contributed by atoms with van der Waals surface area (Å²) in [7, 11) is 0. The number of aromatic carboxylic acids is 1. The number of carbonyl (C=O) groups is 1. The van der Waals surface area contributed by atoms with E-state index >= 15 is 0 Å². The molecule has 0 bridgehead atoms. The van der Waals surface area contributed by atoms with E-state index in [0.29, 0.717) is 12.1 Å². The molecule has 82 valence electrons. The molecule has 1 N–H and O–H groups in total. The van der Waals surface area contributed by atoms with Gasteiger partial charge >= 0.3 is 5.97 Å². The van der Waals surface area contributed by atoms with Crippen molar-refractivity contribution in [2.24, 2.45) is 0 Å². The Morgan fingerprint density at radius 2 is 2.25 bits per heavy atom. The van der Waals surface area contributed by atoms with Gasteiger partial charge in [0.2, 0.25) is 0 Å². The number of nitrogens with zero attached hydrogens (tertiary/aromatic N) is 3. The van der Waals surface area contributed by atoms with Gasteiger partial charge in [0.15, 0.2) is 5.69 Å². The molecule has 0 saturated heterocycles. The summed E-state index contributed by atoms with van der Waals surface area (Å²) >= 11 is 0. The molecular weight excluding hydrogens is 206 g/mol. The van der Waals surface area contributed by atoms with Gasteiger partial charge < -0.3 is 9.67 Å². The van der Waals surface area contributed by atoms with Crippen LogP contribution in [0.3, 0.4) is 0 Å². The van der Waals surface area contributed by atoms with Crippen molar-refractivity contribution < 1.29 is 9.90 Å². The number of imidazole rings is 1. The number of carboxylic acids is 1. The van der Waals surface area contributed by atoms with Gasteiger partial charge in [-0.05, 0) is 13.0 Å². The quantitative estimate of drug-likeness (QED) is 0.842. The highest BCUT2D eigenvalue weighted by Crippen LogP contribution is 2.09. The predicted molar refractivity (Wildman–Crippen MR) is 57.3 cm³/mol. The highest BCUT2D eigenvalue weighted by atomic mass is 16.4. The Labute approximate surface area is 92.4 Å². The van der Waals surface area contributed by atoms with E-state index in [-0.39, 0.29) is 5.69 Å². The SMILES string of the molecule is Cc1nccn1Cc1cccnc1C(=O)O. The zero-order chi connectivity index (χ0) is 11.5. The van der Waals surface area contributed by atoms with Gasteiger partial charge in [-0.3, -0.25) is 0 Å². The first-order valence-electron chi connectivity index (χ1n) is 4.83. The van der Waals surface area contributed by atoms with Gasteiger partial charge in [-0.15, -0.1) is 0 Å². The van der Waals surface area contributed by atoms with Gasteiger partial charge in [-0.1, -0.05) is 6.07 Å². The first kappa shape index (κ1) is 10.4. The zero-order valence-corrected chi connectivity index (χ0v) is 8.79. The summed E-state index contributed by atoms with van der Waals surface area (Å²) in [6, 6.07) is 3.49. The lowest BCUT2D eigenvalue weighted by molar-refractivity contribution is 0.0689. The number of hydrogen-bond acceptors (Lipinski definition) is 3. The molecule has 2 rings (SSSR count). The summed E-state index contributed by atoms with van der Waals surface area (Å²) in [6.45, 7) is 2.35. The molecule has 0 spiro atoms. The van der Waals surface area contributed by atoms with Crippen LogP contribution in [0.4, 0.5) is 0 Å². The molecule has 5 heteroatoms. The fraction of sp³-hybridized carbons (Fsp3) is 0.182. The van der Waals surface area contributed by atoms with Crippen LogP contribution < -0.4 is 0 Å². The zero-order valence-electron chi connectivity index (χ0n) is 8.79. The third-order valence-corrected chi connectivity index (χ3v) is 2.36. The summed E-state index contributed by atoms with van der Waals surface area (Å²) in [5, 5.41) is 8.98. The van der Waals surface area contributed by atoms with E-state index in [0.717, 1.165) is 5.82 Å². The summed E-state index contributed by atoms with van der Waals surface area (Å²) < 4.78 is 1.88. The van der Waals surface area contributed by atoms with E-state index in [1.165, 1.54) is 6.20 Å². The Hall–Kier alpha value is -2.17. The minimum absolute atomic E-state index is 0.0931. The maximum Gasteiger partial charge on any atom is 0.354 e. The second-order valence-corrected chi connectivity index (χ2v) is 3.42. The van der Waals surface area contributed by atoms with Crippen LogP contribution in [-0.2, 0) is 6.54 Å². The van der Waals surface area contributed by atoms with Crippen molar-refractivity contribution in [2.45, 2.75) is 13.5 Å². The number of aromatic nitrogens is 3. The third kappa shape index (κ3) is 1.93. The Morgan fingerprint density at radius 3 is 2.88 bits per heavy atom. The predicted octanol–water partition coefficient (Wildman–Crippen LogP) is 1.33. The molecule has 2 heterocycles. The molecule has 5 nitrogen and oxygen atoms in total. The van der Waals surface area contributed by atoms with Gasteiger partial charge in [0.25, 0.3) is 0 Å². The van der Waals surface area contributed by atoms with Gasteiger partial charge in [0, 0.05) is 24.2 Å². The van der Waals surface area contributed by atoms with E-state index in [1.54, 1.807) is 18.3 Å². The van der Waals surface area contributed by atoms with E-state index in [9.17, 15) is 4.79 Å². The molecule has 0 saturated carbocycles. The molecule has 0 unspecified atom stereocenters. The van der Waals surface area contributed by atoms with Crippen LogP contribution in [0.5, 0.6) is 0 Å². The Kier molecular flexibility index (Phi) is 2.68. The number of hydrogen-bond donors (Lipinski definition) is 1. The van der Waals surface area contributed by atoms with Crippen LogP contribution >= 0.6 is 0 Å². The van der Waals surface area contributed by atoms with Gasteiger partial charge in [-0.25, -0.2) is 14.8 Å². The lowest BCUT2D eigenvalue weighted by Crippen LogP contribution is -2.09. The van der Waals surface area contributed by atoms with Crippen molar-refractivity contribution in [1.29, 1.82) is 0 Å². The van der Waals surface area contributed by atoms with Gasteiger partial charge in [0.05, 0.1) is 6.54 Å². The molecule has 0 aromatic carbocycles. The lowest BCUT2D eigenvalue weighted by Gasteiger charge is -2.07. The lowest BCUT2D eigenvalue weighted by atomic mass is 10.2. The summed E-state index contributed by atoms with van der Waals surface area (Å²) in [4.78, 5) is 18.9. The van der Waals surface area contributed by atoms with Crippen molar-refractivity contribution in [1.82, 2.24) is 14.5 Å². The van der Waals surface area contributed by atoms with Crippen LogP contribution in [0.15, 0.2) is 30.7 Å². The van der Waals surface area contributed by atoms with Crippen LogP contribution in [0.2, 0.25) is 0 Å². The van der Waals surface area contributed by atoms with Crippen LogP contribution in [0.1, 0.15) is 21.9 Å². The van der Waals surface area contributed by atoms with Crippen LogP contribution in [0, 0.1) is 6.92 Å².